The fourth-order valence-corrected chi connectivity index (χ4v) is 2.37. The molecule has 1 aromatic heterocycles. The summed E-state index contributed by atoms with van der Waals surface area (Å²) in [6, 6.07) is 9.41. The maximum atomic E-state index is 12.2. The highest BCUT2D eigenvalue weighted by Crippen LogP contribution is 2.28. The summed E-state index contributed by atoms with van der Waals surface area (Å²) >= 11 is 11.8. The Kier molecular flexibility index (Phi) is 5.29. The molecule has 0 saturated heterocycles. The highest BCUT2D eigenvalue weighted by atomic mass is 35.5. The molecule has 0 spiro atoms. The van der Waals surface area contributed by atoms with Gasteiger partial charge in [-0.2, -0.15) is 0 Å². The molecule has 3 rings (SSSR count). The van der Waals surface area contributed by atoms with Crippen LogP contribution in [0.5, 0.6) is 5.75 Å². The van der Waals surface area contributed by atoms with E-state index >= 15 is 0 Å². The third-order valence-corrected chi connectivity index (χ3v) is 3.99. The Bertz CT molecular complexity index is 972. The molecule has 0 unspecified atom stereocenters. The van der Waals surface area contributed by atoms with E-state index in [9.17, 15) is 18.0 Å². The molecule has 0 atom stereocenters. The third-order valence-electron chi connectivity index (χ3n) is 3.25. The van der Waals surface area contributed by atoms with Crippen molar-refractivity contribution in [1.82, 2.24) is 4.98 Å². The Hall–Kier alpha value is -2.71. The minimum absolute atomic E-state index is 0.0216. The average Bonchev–Trinajstić information content (AvgIpc) is 3.08. The van der Waals surface area contributed by atoms with Gasteiger partial charge in [0.1, 0.15) is 12.0 Å². The molecule has 0 radical (unpaired) electrons. The van der Waals surface area contributed by atoms with Crippen molar-refractivity contribution in [2.75, 3.05) is 5.32 Å². The summed E-state index contributed by atoms with van der Waals surface area (Å²) < 4.78 is 45.4. The number of carbonyl (C=O) groups excluding carboxylic acids is 1. The van der Waals surface area contributed by atoms with Crippen molar-refractivity contribution in [3.05, 3.63) is 64.5 Å². The van der Waals surface area contributed by atoms with Crippen LogP contribution in [0.1, 0.15) is 10.5 Å². The molecule has 1 amide bonds. The summed E-state index contributed by atoms with van der Waals surface area (Å²) in [5.41, 5.74) is 0.761. The first-order chi connectivity index (χ1) is 12.7. The lowest BCUT2D eigenvalue weighted by Crippen LogP contribution is -2.17. The van der Waals surface area contributed by atoms with Crippen LogP contribution >= 0.6 is 23.2 Å². The van der Waals surface area contributed by atoms with Gasteiger partial charge in [-0.15, -0.1) is 13.2 Å². The van der Waals surface area contributed by atoms with E-state index in [0.29, 0.717) is 15.6 Å². The molecule has 27 heavy (non-hydrogen) atoms. The largest absolute Gasteiger partial charge is 0.573 e. The molecule has 3 aromatic rings. The van der Waals surface area contributed by atoms with Crippen molar-refractivity contribution in [2.45, 2.75) is 6.36 Å². The molecule has 1 N–H and O–H groups in total. The number of oxazole rings is 1. The minimum atomic E-state index is -4.79. The first-order valence-corrected chi connectivity index (χ1v) is 8.05. The van der Waals surface area contributed by atoms with Gasteiger partial charge < -0.3 is 14.5 Å². The fourth-order valence-electron chi connectivity index (χ4n) is 2.07. The van der Waals surface area contributed by atoms with Gasteiger partial charge in [-0.05, 0) is 42.5 Å². The van der Waals surface area contributed by atoms with E-state index in [-0.39, 0.29) is 17.3 Å². The van der Waals surface area contributed by atoms with Crippen LogP contribution in [-0.4, -0.2) is 17.3 Å². The molecular weight excluding hydrogens is 408 g/mol. The van der Waals surface area contributed by atoms with Crippen molar-refractivity contribution in [2.24, 2.45) is 0 Å². The van der Waals surface area contributed by atoms with Crippen LogP contribution < -0.4 is 10.1 Å². The smallest absolute Gasteiger partial charge is 0.444 e. The minimum Gasteiger partial charge on any atom is -0.444 e. The molecule has 0 aliphatic heterocycles. The van der Waals surface area contributed by atoms with E-state index in [2.05, 4.69) is 15.0 Å². The Labute approximate surface area is 160 Å². The summed E-state index contributed by atoms with van der Waals surface area (Å²) in [4.78, 5) is 16.3. The topological polar surface area (TPSA) is 64.4 Å². The van der Waals surface area contributed by atoms with Crippen molar-refractivity contribution >= 4 is 34.8 Å². The van der Waals surface area contributed by atoms with Gasteiger partial charge >= 0.3 is 6.36 Å². The number of hydrogen-bond donors (Lipinski definition) is 1. The number of nitrogens with one attached hydrogen (secondary N) is 1. The molecule has 2 aromatic carbocycles. The number of anilines is 1. The van der Waals surface area contributed by atoms with Gasteiger partial charge in [0.15, 0.2) is 5.69 Å². The number of hydrogen-bond acceptors (Lipinski definition) is 4. The maximum absolute atomic E-state index is 12.2. The molecular formula is C17H9Cl2F3N2O3. The van der Waals surface area contributed by atoms with Crippen LogP contribution in [0.2, 0.25) is 10.0 Å². The van der Waals surface area contributed by atoms with Gasteiger partial charge in [-0.1, -0.05) is 23.2 Å². The summed E-state index contributed by atoms with van der Waals surface area (Å²) in [5, 5.41) is 3.16. The van der Waals surface area contributed by atoms with Gasteiger partial charge in [0, 0.05) is 11.3 Å². The monoisotopic (exact) mass is 416 g/mol. The molecule has 0 saturated carbocycles. The van der Waals surface area contributed by atoms with Gasteiger partial charge in [0.05, 0.1) is 10.0 Å². The standard InChI is InChI=1S/C17H9Cl2F3N2O3/c18-12-6-1-9(7-13(12)19)16-24-14(8-26-16)15(25)23-10-2-4-11(5-3-10)27-17(20,21)22/h1-8H,(H,23,25). The number of ether oxygens (including phenoxy) is 1. The van der Waals surface area contributed by atoms with Gasteiger partial charge in [0.2, 0.25) is 5.89 Å². The third kappa shape index (κ3) is 4.93. The van der Waals surface area contributed by atoms with Crippen LogP contribution in [0.4, 0.5) is 18.9 Å². The molecule has 0 fully saturated rings. The Morgan fingerprint density at radius 2 is 1.78 bits per heavy atom. The molecule has 1 heterocycles. The first kappa shape index (κ1) is 19.1. The summed E-state index contributed by atoms with van der Waals surface area (Å²) in [5.74, 6) is -0.842. The first-order valence-electron chi connectivity index (χ1n) is 7.29. The lowest BCUT2D eigenvalue weighted by molar-refractivity contribution is -0.274. The van der Waals surface area contributed by atoms with E-state index in [0.717, 1.165) is 18.4 Å². The second-order valence-corrected chi connectivity index (χ2v) is 6.01. The predicted octanol–water partition coefficient (Wildman–Crippen LogP) is 5.80. The summed E-state index contributed by atoms with van der Waals surface area (Å²) in [7, 11) is 0. The lowest BCUT2D eigenvalue weighted by atomic mass is 10.2. The van der Waals surface area contributed by atoms with Crippen LogP contribution in [0.15, 0.2) is 53.1 Å². The zero-order valence-electron chi connectivity index (χ0n) is 13.2. The molecule has 0 bridgehead atoms. The van der Waals surface area contributed by atoms with Gasteiger partial charge in [0.25, 0.3) is 5.91 Å². The van der Waals surface area contributed by atoms with E-state index in [1.165, 1.54) is 18.2 Å². The maximum Gasteiger partial charge on any atom is 0.573 e. The predicted molar refractivity (Wildman–Crippen MR) is 93.0 cm³/mol. The number of amides is 1. The summed E-state index contributed by atoms with van der Waals surface area (Å²) in [6.07, 6.45) is -3.64. The lowest BCUT2D eigenvalue weighted by Gasteiger charge is -2.09. The number of alkyl halides is 3. The van der Waals surface area contributed by atoms with Gasteiger partial charge in [-0.25, -0.2) is 4.98 Å². The fraction of sp³-hybridized carbons (Fsp3) is 0.0588. The molecule has 0 aliphatic rings. The Balaban J connectivity index is 1.70. The van der Waals surface area contributed by atoms with E-state index in [1.807, 2.05) is 0 Å². The van der Waals surface area contributed by atoms with Crippen molar-refractivity contribution in [3.63, 3.8) is 0 Å². The number of benzene rings is 2. The van der Waals surface area contributed by atoms with Crippen LogP contribution in [0.3, 0.4) is 0 Å². The highest BCUT2D eigenvalue weighted by Gasteiger charge is 2.31. The summed E-state index contributed by atoms with van der Waals surface area (Å²) in [6.45, 7) is 0. The van der Waals surface area contributed by atoms with Crippen molar-refractivity contribution < 1.29 is 27.1 Å². The Morgan fingerprint density at radius 1 is 1.07 bits per heavy atom. The quantitative estimate of drug-likeness (QED) is 0.583. The second kappa shape index (κ2) is 7.50. The van der Waals surface area contributed by atoms with E-state index in [4.69, 9.17) is 27.6 Å². The van der Waals surface area contributed by atoms with E-state index < -0.39 is 18.0 Å². The average molecular weight is 417 g/mol. The Morgan fingerprint density at radius 3 is 2.41 bits per heavy atom. The van der Waals surface area contributed by atoms with Gasteiger partial charge in [-0.3, -0.25) is 4.79 Å². The van der Waals surface area contributed by atoms with Crippen molar-refractivity contribution in [1.29, 1.82) is 0 Å². The van der Waals surface area contributed by atoms with Crippen LogP contribution in [0.25, 0.3) is 11.5 Å². The van der Waals surface area contributed by atoms with Crippen LogP contribution in [-0.2, 0) is 0 Å². The number of carbonyl (C=O) groups is 1. The number of aromatic nitrogens is 1. The number of halogens is 5. The zero-order chi connectivity index (χ0) is 19.6. The normalized spacial score (nSPS) is 11.3. The number of nitrogens with zero attached hydrogens (tertiary/aromatic N) is 1. The molecule has 0 aliphatic carbocycles. The highest BCUT2D eigenvalue weighted by molar-refractivity contribution is 6.42. The SMILES string of the molecule is O=C(Nc1ccc(OC(F)(F)F)cc1)c1coc(-c2ccc(Cl)c(Cl)c2)n1. The van der Waals surface area contributed by atoms with Crippen molar-refractivity contribution in [3.8, 4) is 17.2 Å². The van der Waals surface area contributed by atoms with Crippen LogP contribution in [0, 0.1) is 0 Å². The molecule has 10 heteroatoms. The molecule has 140 valence electrons. The van der Waals surface area contributed by atoms with E-state index in [1.54, 1.807) is 12.1 Å². The zero-order valence-corrected chi connectivity index (χ0v) is 14.7. The second-order valence-electron chi connectivity index (χ2n) is 5.19. The number of rotatable bonds is 4. The molecule has 5 nitrogen and oxygen atoms in total.